The minimum Gasteiger partial charge on any atom is -0.494 e. The van der Waals surface area contributed by atoms with Crippen LogP contribution in [-0.4, -0.2) is 40.2 Å². The van der Waals surface area contributed by atoms with Gasteiger partial charge >= 0.3 is 6.18 Å². The third-order valence-electron chi connectivity index (χ3n) is 7.77. The van der Waals surface area contributed by atoms with Crippen LogP contribution in [0.25, 0.3) is 0 Å². The summed E-state index contributed by atoms with van der Waals surface area (Å²) in [6.07, 6.45) is 0.0309. The molecule has 1 atom stereocenters. The van der Waals surface area contributed by atoms with E-state index in [1.54, 1.807) is 10.7 Å². The summed E-state index contributed by atoms with van der Waals surface area (Å²) in [6, 6.07) is 5.45. The van der Waals surface area contributed by atoms with Gasteiger partial charge in [0.05, 0.1) is 17.8 Å². The van der Waals surface area contributed by atoms with Crippen molar-refractivity contribution in [3.05, 3.63) is 40.6 Å². The van der Waals surface area contributed by atoms with Crippen LogP contribution in [0.5, 0.6) is 5.75 Å². The average molecular weight is 547 g/mol. The van der Waals surface area contributed by atoms with E-state index in [4.69, 9.17) is 9.84 Å². The Labute approximate surface area is 224 Å². The van der Waals surface area contributed by atoms with Crippen molar-refractivity contribution in [2.45, 2.75) is 89.4 Å². The Balaban J connectivity index is 1.35. The van der Waals surface area contributed by atoms with Crippen molar-refractivity contribution in [3.8, 4) is 5.75 Å². The van der Waals surface area contributed by atoms with Crippen LogP contribution in [0, 0.1) is 5.92 Å². The molecule has 2 aliphatic carbocycles. The first-order chi connectivity index (χ1) is 18.5. The van der Waals surface area contributed by atoms with Crippen LogP contribution in [0.4, 0.5) is 19.0 Å². The van der Waals surface area contributed by atoms with Crippen LogP contribution in [-0.2, 0) is 34.5 Å². The van der Waals surface area contributed by atoms with Gasteiger partial charge in [-0.2, -0.15) is 18.3 Å². The summed E-state index contributed by atoms with van der Waals surface area (Å²) in [5, 5.41) is 10.8. The second-order valence-electron chi connectivity index (χ2n) is 11.0. The molecule has 5 rings (SSSR count). The molecular weight excluding hydrogens is 513 g/mol. The maximum Gasteiger partial charge on any atom is 0.389 e. The monoisotopic (exact) mass is 546 g/mol. The largest absolute Gasteiger partial charge is 0.494 e. The molecule has 3 aliphatic rings. The summed E-state index contributed by atoms with van der Waals surface area (Å²) in [5.74, 6) is 0.810. The quantitative estimate of drug-likeness (QED) is 0.393. The standard InChI is InChI=1S/C28H33F3N4O4/c1-17(36)3-8-23(37)32-25-24-22(34-35(25)13-10-18-4-5-18)16-27(33-26(24)38)12-9-19-15-20(6-7-21(19)27)39-14-2-11-28(29,30)31/h6-7,15,18H,2-5,8-14,16H2,1H3,(H,32,37)(H,33,38)/t27-/m0/s1. The molecule has 0 saturated heterocycles. The van der Waals surface area contributed by atoms with Gasteiger partial charge in [-0.3, -0.25) is 9.59 Å². The Morgan fingerprint density at radius 1 is 1.26 bits per heavy atom. The van der Waals surface area contributed by atoms with Gasteiger partial charge in [0.15, 0.2) is 0 Å². The number of anilines is 1. The molecule has 1 spiro atoms. The fraction of sp³-hybridized carbons (Fsp3) is 0.571. The lowest BCUT2D eigenvalue weighted by molar-refractivity contribution is -0.136. The first-order valence-corrected chi connectivity index (χ1v) is 13.6. The van der Waals surface area contributed by atoms with Gasteiger partial charge in [0.2, 0.25) is 5.91 Å². The summed E-state index contributed by atoms with van der Waals surface area (Å²) in [4.78, 5) is 37.5. The number of fused-ring (bicyclic) bond motifs is 3. The predicted molar refractivity (Wildman–Crippen MR) is 137 cm³/mol. The second kappa shape index (κ2) is 10.7. The summed E-state index contributed by atoms with van der Waals surface area (Å²) in [7, 11) is 0. The molecule has 39 heavy (non-hydrogen) atoms. The van der Waals surface area contributed by atoms with Crippen molar-refractivity contribution in [1.82, 2.24) is 15.1 Å². The lowest BCUT2D eigenvalue weighted by Crippen LogP contribution is -2.49. The van der Waals surface area contributed by atoms with Gasteiger partial charge in [-0.1, -0.05) is 18.9 Å². The lowest BCUT2D eigenvalue weighted by Gasteiger charge is -2.35. The lowest BCUT2D eigenvalue weighted by atomic mass is 9.82. The fourth-order valence-electron chi connectivity index (χ4n) is 5.56. The minimum absolute atomic E-state index is 0.0251. The number of alkyl halides is 3. The zero-order valence-electron chi connectivity index (χ0n) is 22.0. The van der Waals surface area contributed by atoms with Gasteiger partial charge in [0.1, 0.15) is 22.9 Å². The molecule has 2 aromatic rings. The van der Waals surface area contributed by atoms with Crippen LogP contribution < -0.4 is 15.4 Å². The number of nitrogens with zero attached hydrogens (tertiary/aromatic N) is 2. The Kier molecular flexibility index (Phi) is 7.43. The van der Waals surface area contributed by atoms with Crippen molar-refractivity contribution in [3.63, 3.8) is 0 Å². The van der Waals surface area contributed by atoms with E-state index in [-0.39, 0.29) is 43.5 Å². The topological polar surface area (TPSA) is 102 Å². The van der Waals surface area contributed by atoms with Crippen molar-refractivity contribution in [2.24, 2.45) is 5.92 Å². The normalized spacial score (nSPS) is 19.9. The number of rotatable bonds is 11. The molecular formula is C28H33F3N4O4. The van der Waals surface area contributed by atoms with Crippen LogP contribution >= 0.6 is 0 Å². The molecule has 1 aromatic heterocycles. The van der Waals surface area contributed by atoms with E-state index in [1.807, 2.05) is 12.1 Å². The highest BCUT2D eigenvalue weighted by molar-refractivity contribution is 6.05. The van der Waals surface area contributed by atoms with Crippen molar-refractivity contribution >= 4 is 23.4 Å². The fourth-order valence-corrected chi connectivity index (χ4v) is 5.56. The first-order valence-electron chi connectivity index (χ1n) is 13.6. The number of hydrogen-bond acceptors (Lipinski definition) is 5. The number of nitrogens with one attached hydrogen (secondary N) is 2. The van der Waals surface area contributed by atoms with Gasteiger partial charge in [-0.25, -0.2) is 4.68 Å². The average Bonchev–Trinajstić information content (AvgIpc) is 3.55. The Morgan fingerprint density at radius 3 is 2.77 bits per heavy atom. The molecule has 2 N–H and O–H groups in total. The van der Waals surface area contributed by atoms with Crippen LogP contribution in [0.3, 0.4) is 0 Å². The Hall–Kier alpha value is -3.37. The molecule has 2 heterocycles. The van der Waals surface area contributed by atoms with E-state index in [0.29, 0.717) is 54.5 Å². The van der Waals surface area contributed by atoms with Gasteiger partial charge in [0, 0.05) is 32.2 Å². The predicted octanol–water partition coefficient (Wildman–Crippen LogP) is 4.84. The maximum atomic E-state index is 13.5. The van der Waals surface area contributed by atoms with Gasteiger partial charge in [-0.15, -0.1) is 0 Å². The highest BCUT2D eigenvalue weighted by atomic mass is 19.4. The number of ether oxygens (including phenoxy) is 1. The minimum atomic E-state index is -4.20. The number of carbonyl (C=O) groups excluding carboxylic acids is 3. The molecule has 0 unspecified atom stereocenters. The molecule has 1 aliphatic heterocycles. The number of carbonyl (C=O) groups is 3. The van der Waals surface area contributed by atoms with E-state index >= 15 is 0 Å². The summed E-state index contributed by atoms with van der Waals surface area (Å²) < 4.78 is 44.5. The zero-order valence-corrected chi connectivity index (χ0v) is 22.0. The number of amides is 2. The van der Waals surface area contributed by atoms with Crippen molar-refractivity contribution in [1.29, 1.82) is 0 Å². The molecule has 1 aromatic carbocycles. The van der Waals surface area contributed by atoms with Gasteiger partial charge < -0.3 is 20.2 Å². The first kappa shape index (κ1) is 27.2. The number of ketones is 1. The highest BCUT2D eigenvalue weighted by Crippen LogP contribution is 2.44. The smallest absolute Gasteiger partial charge is 0.389 e. The van der Waals surface area contributed by atoms with Crippen LogP contribution in [0.2, 0.25) is 0 Å². The number of aryl methyl sites for hydroxylation is 2. The molecule has 1 saturated carbocycles. The van der Waals surface area contributed by atoms with E-state index in [9.17, 15) is 27.6 Å². The third-order valence-corrected chi connectivity index (χ3v) is 7.77. The van der Waals surface area contributed by atoms with E-state index in [1.165, 1.54) is 19.8 Å². The molecule has 1 fully saturated rings. The number of benzene rings is 1. The molecule has 2 amide bonds. The molecule has 8 nitrogen and oxygen atoms in total. The number of halogens is 3. The second-order valence-corrected chi connectivity index (χ2v) is 11.0. The summed E-state index contributed by atoms with van der Waals surface area (Å²) in [6.45, 7) is 2.00. The van der Waals surface area contributed by atoms with Crippen molar-refractivity contribution in [2.75, 3.05) is 11.9 Å². The molecule has 11 heteroatoms. The SMILES string of the molecule is CC(=O)CCC(=O)Nc1c2c(nn1CCC1CC1)C[C@]1(CCc3cc(OCCCC(F)(F)F)ccc31)NC2=O. The molecule has 0 bridgehead atoms. The number of hydrogen-bond donors (Lipinski definition) is 2. The molecule has 210 valence electrons. The summed E-state index contributed by atoms with van der Waals surface area (Å²) in [5.41, 5.74) is 2.27. The van der Waals surface area contributed by atoms with Gasteiger partial charge in [-0.05, 0) is 61.8 Å². The Bertz CT molecular complexity index is 1280. The van der Waals surface area contributed by atoms with Crippen molar-refractivity contribution < 1.29 is 32.3 Å². The number of aromatic nitrogens is 2. The number of Topliss-reactive ketones (excluding diaryl/α,β-unsaturated/α-hetero) is 1. The maximum absolute atomic E-state index is 13.5. The summed E-state index contributed by atoms with van der Waals surface area (Å²) >= 11 is 0. The Morgan fingerprint density at radius 2 is 2.05 bits per heavy atom. The van der Waals surface area contributed by atoms with Crippen LogP contribution in [0.15, 0.2) is 18.2 Å². The van der Waals surface area contributed by atoms with E-state index < -0.39 is 18.1 Å². The van der Waals surface area contributed by atoms with Gasteiger partial charge in [0.25, 0.3) is 5.91 Å². The third kappa shape index (κ3) is 6.28. The molecule has 0 radical (unpaired) electrons. The highest BCUT2D eigenvalue weighted by Gasteiger charge is 2.46. The van der Waals surface area contributed by atoms with E-state index in [0.717, 1.165) is 17.5 Å². The van der Waals surface area contributed by atoms with Crippen LogP contribution in [0.1, 0.15) is 85.5 Å². The van der Waals surface area contributed by atoms with E-state index in [2.05, 4.69) is 10.6 Å². The zero-order chi connectivity index (χ0) is 27.8.